The number of carbonyl (C=O) groups excluding carboxylic acids is 2. The molecule has 3 heterocycles. The van der Waals surface area contributed by atoms with Crippen LogP contribution in [0.3, 0.4) is 0 Å². The van der Waals surface area contributed by atoms with E-state index in [2.05, 4.69) is 19.9 Å². The van der Waals surface area contributed by atoms with Gasteiger partial charge in [-0.1, -0.05) is 4.49 Å². The molecule has 0 spiro atoms. The molecule has 138 valence electrons. The zero-order valence-corrected chi connectivity index (χ0v) is 14.2. The number of nitrogens with zero attached hydrogens (tertiary/aromatic N) is 4. The van der Waals surface area contributed by atoms with Gasteiger partial charge in [-0.3, -0.25) is 14.6 Å². The van der Waals surface area contributed by atoms with Gasteiger partial charge in [0.05, 0.1) is 17.3 Å². The second kappa shape index (κ2) is 7.36. The number of amides is 2. The van der Waals surface area contributed by atoms with E-state index in [1.807, 2.05) is 0 Å². The van der Waals surface area contributed by atoms with Crippen LogP contribution in [0.25, 0.3) is 0 Å². The molecule has 0 aliphatic carbocycles. The van der Waals surface area contributed by atoms with Gasteiger partial charge in [-0.25, -0.2) is 0 Å². The van der Waals surface area contributed by atoms with Crippen molar-refractivity contribution in [2.45, 2.75) is 25.1 Å². The van der Waals surface area contributed by atoms with Crippen molar-refractivity contribution < 1.29 is 22.8 Å². The second-order valence-electron chi connectivity index (χ2n) is 5.71. The monoisotopic (exact) mass is 385 g/mol. The smallest absolute Gasteiger partial charge is 0.349 e. The Labute approximate surface area is 150 Å². The van der Waals surface area contributed by atoms with Crippen LogP contribution in [-0.4, -0.2) is 50.4 Å². The number of aromatic nitrogens is 3. The van der Waals surface area contributed by atoms with Gasteiger partial charge in [-0.05, 0) is 30.4 Å². The molecule has 2 amide bonds. The summed E-state index contributed by atoms with van der Waals surface area (Å²) in [7, 11) is 0. The Hall–Kier alpha value is -2.56. The first-order chi connectivity index (χ1) is 12.4. The van der Waals surface area contributed by atoms with Crippen molar-refractivity contribution in [2.75, 3.05) is 13.1 Å². The van der Waals surface area contributed by atoms with E-state index in [0.29, 0.717) is 24.3 Å². The number of hydrogen-bond donors (Lipinski definition) is 1. The van der Waals surface area contributed by atoms with Crippen molar-refractivity contribution in [3.05, 3.63) is 40.7 Å². The van der Waals surface area contributed by atoms with Gasteiger partial charge in [0.15, 0.2) is 0 Å². The van der Waals surface area contributed by atoms with Crippen LogP contribution < -0.4 is 5.32 Å². The molecule has 2 aromatic heterocycles. The van der Waals surface area contributed by atoms with Crippen LogP contribution in [0.2, 0.25) is 0 Å². The van der Waals surface area contributed by atoms with E-state index in [1.54, 1.807) is 0 Å². The lowest BCUT2D eigenvalue weighted by Crippen LogP contribution is -2.43. The van der Waals surface area contributed by atoms with Crippen LogP contribution in [0.5, 0.6) is 0 Å². The van der Waals surface area contributed by atoms with Crippen molar-refractivity contribution in [3.63, 3.8) is 0 Å². The number of halogens is 3. The molecule has 1 saturated heterocycles. The van der Waals surface area contributed by atoms with Crippen molar-refractivity contribution in [1.29, 1.82) is 0 Å². The third-order valence-corrected chi connectivity index (χ3v) is 4.74. The van der Waals surface area contributed by atoms with Crippen molar-refractivity contribution in [2.24, 2.45) is 0 Å². The van der Waals surface area contributed by atoms with Crippen LogP contribution in [0.4, 0.5) is 13.2 Å². The fourth-order valence-electron chi connectivity index (χ4n) is 2.85. The van der Waals surface area contributed by atoms with Gasteiger partial charge in [0, 0.05) is 31.5 Å². The van der Waals surface area contributed by atoms with Crippen LogP contribution in [0.1, 0.15) is 38.4 Å². The normalized spacial score (nSPS) is 17.3. The number of pyridine rings is 1. The van der Waals surface area contributed by atoms with Crippen LogP contribution in [-0.2, 0) is 6.18 Å². The van der Waals surface area contributed by atoms with Crippen molar-refractivity contribution in [1.82, 2.24) is 24.8 Å². The minimum absolute atomic E-state index is 0.143. The Morgan fingerprint density at radius 1 is 1.35 bits per heavy atom. The summed E-state index contributed by atoms with van der Waals surface area (Å²) in [5.41, 5.74) is -1.49. The summed E-state index contributed by atoms with van der Waals surface area (Å²) < 4.78 is 43.0. The Balaban J connectivity index is 1.72. The quantitative estimate of drug-likeness (QED) is 0.870. The minimum atomic E-state index is -4.64. The number of nitrogens with one attached hydrogen (secondary N) is 1. The number of rotatable bonds is 4. The Bertz CT molecular complexity index is 797. The molecule has 7 nitrogen and oxygen atoms in total. The topological polar surface area (TPSA) is 88.1 Å². The molecule has 0 aromatic carbocycles. The molecule has 1 aliphatic heterocycles. The van der Waals surface area contributed by atoms with Gasteiger partial charge in [0.2, 0.25) is 0 Å². The first-order valence-electron chi connectivity index (χ1n) is 7.75. The maximum Gasteiger partial charge on any atom is 0.417 e. The lowest BCUT2D eigenvalue weighted by molar-refractivity contribution is -0.138. The van der Waals surface area contributed by atoms with Crippen LogP contribution in [0.15, 0.2) is 24.7 Å². The van der Waals surface area contributed by atoms with Crippen molar-refractivity contribution >= 4 is 23.3 Å². The molecule has 26 heavy (non-hydrogen) atoms. The molecular weight excluding hydrogens is 371 g/mol. The van der Waals surface area contributed by atoms with E-state index in [0.717, 1.165) is 30.0 Å². The molecule has 1 aliphatic rings. The van der Waals surface area contributed by atoms with Crippen molar-refractivity contribution in [3.8, 4) is 0 Å². The maximum absolute atomic E-state index is 13.1. The van der Waals surface area contributed by atoms with Gasteiger partial charge >= 0.3 is 6.18 Å². The molecular formula is C15H14F3N5O2S. The second-order valence-corrected chi connectivity index (χ2v) is 6.49. The molecule has 0 radical (unpaired) electrons. The average molecular weight is 385 g/mol. The molecule has 1 atom stereocenters. The SMILES string of the molecule is O=C(NC[C@H]1CCCN1C(=O)c1cnccc1C(F)(F)F)c1cnns1. The van der Waals surface area contributed by atoms with E-state index in [-0.39, 0.29) is 18.5 Å². The number of carbonyl (C=O) groups is 2. The lowest BCUT2D eigenvalue weighted by atomic mass is 10.1. The number of hydrogen-bond acceptors (Lipinski definition) is 6. The van der Waals surface area contributed by atoms with Gasteiger partial charge in [0.25, 0.3) is 11.8 Å². The average Bonchev–Trinajstić information content (AvgIpc) is 3.30. The van der Waals surface area contributed by atoms with Gasteiger partial charge in [-0.15, -0.1) is 5.10 Å². The number of likely N-dealkylation sites (tertiary alicyclic amines) is 1. The van der Waals surface area contributed by atoms with Gasteiger partial charge in [0.1, 0.15) is 4.88 Å². The molecule has 2 aromatic rings. The fraction of sp³-hybridized carbons (Fsp3) is 0.400. The van der Waals surface area contributed by atoms with Crippen LogP contribution in [0, 0.1) is 0 Å². The predicted molar refractivity (Wildman–Crippen MR) is 85.5 cm³/mol. The molecule has 3 rings (SSSR count). The highest BCUT2D eigenvalue weighted by atomic mass is 32.1. The summed E-state index contributed by atoms with van der Waals surface area (Å²) in [6, 6.07) is 0.408. The van der Waals surface area contributed by atoms with E-state index in [9.17, 15) is 22.8 Å². The Morgan fingerprint density at radius 2 is 2.15 bits per heavy atom. The predicted octanol–water partition coefficient (Wildman–Crippen LogP) is 1.99. The van der Waals surface area contributed by atoms with Crippen LogP contribution >= 0.6 is 11.5 Å². The summed E-state index contributed by atoms with van der Waals surface area (Å²) in [4.78, 5) is 29.9. The standard InChI is InChI=1S/C15H14F3N5O2S/c16-15(17,18)11-3-4-19-7-10(11)14(25)23-5-1-2-9(23)6-20-13(24)12-8-21-22-26-12/h3-4,7-9H,1-2,5-6H2,(H,20,24)/t9-/m1/s1. The maximum atomic E-state index is 13.1. The third kappa shape index (κ3) is 3.82. The summed E-state index contributed by atoms with van der Waals surface area (Å²) >= 11 is 0.935. The summed E-state index contributed by atoms with van der Waals surface area (Å²) in [6.07, 6.45) is -0.142. The molecule has 0 unspecified atom stereocenters. The first-order valence-corrected chi connectivity index (χ1v) is 8.53. The largest absolute Gasteiger partial charge is 0.417 e. The van der Waals surface area contributed by atoms with E-state index < -0.39 is 23.2 Å². The van der Waals surface area contributed by atoms with E-state index in [1.165, 1.54) is 11.1 Å². The molecule has 11 heteroatoms. The summed E-state index contributed by atoms with van der Waals surface area (Å²) in [6.45, 7) is 0.470. The molecule has 1 N–H and O–H groups in total. The zero-order chi connectivity index (χ0) is 18.7. The summed E-state index contributed by atoms with van der Waals surface area (Å²) in [5.74, 6) is -1.11. The first kappa shape index (κ1) is 18.2. The minimum Gasteiger partial charge on any atom is -0.349 e. The van der Waals surface area contributed by atoms with Gasteiger partial charge < -0.3 is 10.2 Å². The molecule has 0 saturated carbocycles. The third-order valence-electron chi connectivity index (χ3n) is 4.08. The zero-order valence-electron chi connectivity index (χ0n) is 13.4. The molecule has 0 bridgehead atoms. The summed E-state index contributed by atoms with van der Waals surface area (Å²) in [5, 5.41) is 6.24. The lowest BCUT2D eigenvalue weighted by Gasteiger charge is -2.26. The number of alkyl halides is 3. The highest BCUT2D eigenvalue weighted by Gasteiger charge is 2.38. The highest BCUT2D eigenvalue weighted by Crippen LogP contribution is 2.33. The van der Waals surface area contributed by atoms with E-state index in [4.69, 9.17) is 0 Å². The van der Waals surface area contributed by atoms with Gasteiger partial charge in [-0.2, -0.15) is 13.2 Å². The highest BCUT2D eigenvalue weighted by molar-refractivity contribution is 7.07. The van der Waals surface area contributed by atoms with E-state index >= 15 is 0 Å². The Kier molecular flexibility index (Phi) is 5.16. The fourth-order valence-corrected chi connectivity index (χ4v) is 3.28. The Morgan fingerprint density at radius 3 is 2.85 bits per heavy atom. The molecule has 1 fully saturated rings.